The lowest BCUT2D eigenvalue weighted by molar-refractivity contribution is -0.143. The van der Waals surface area contributed by atoms with E-state index < -0.39 is 11.8 Å². The Balaban J connectivity index is 2.03. The molecule has 1 heterocycles. The molecular formula is C12H14ClN3O3. The number of hydrogen-bond donors (Lipinski definition) is 3. The van der Waals surface area contributed by atoms with Gasteiger partial charge in [-0.05, 0) is 18.2 Å². The number of nitrogens with one attached hydrogen (secondary N) is 2. The van der Waals surface area contributed by atoms with Crippen molar-refractivity contribution in [1.82, 2.24) is 10.2 Å². The molecule has 2 rings (SSSR count). The van der Waals surface area contributed by atoms with Gasteiger partial charge in [-0.1, -0.05) is 11.6 Å². The first-order valence-electron chi connectivity index (χ1n) is 5.87. The molecule has 0 bridgehead atoms. The number of halogens is 1. The normalized spacial score (nSPS) is 15.1. The maximum Gasteiger partial charge on any atom is 0.314 e. The van der Waals surface area contributed by atoms with Crippen LogP contribution in [-0.4, -0.2) is 48.0 Å². The van der Waals surface area contributed by atoms with Gasteiger partial charge in [-0.3, -0.25) is 9.59 Å². The van der Waals surface area contributed by atoms with Gasteiger partial charge in [0.15, 0.2) is 0 Å². The number of benzene rings is 1. The SMILES string of the molecule is O=C(Nc1cc(Cl)ccc1O)C(=O)N1CCNCC1. The van der Waals surface area contributed by atoms with Crippen LogP contribution in [0.25, 0.3) is 0 Å². The molecule has 0 aliphatic carbocycles. The van der Waals surface area contributed by atoms with E-state index in [2.05, 4.69) is 10.6 Å². The zero-order valence-corrected chi connectivity index (χ0v) is 10.9. The van der Waals surface area contributed by atoms with E-state index in [0.717, 1.165) is 0 Å². The predicted molar refractivity (Wildman–Crippen MR) is 71.2 cm³/mol. The topological polar surface area (TPSA) is 81.7 Å². The van der Waals surface area contributed by atoms with E-state index in [1.54, 1.807) is 0 Å². The molecule has 0 unspecified atom stereocenters. The third-order valence-corrected chi connectivity index (χ3v) is 3.04. The van der Waals surface area contributed by atoms with Crippen LogP contribution in [0.2, 0.25) is 5.02 Å². The van der Waals surface area contributed by atoms with Crippen molar-refractivity contribution >= 4 is 29.1 Å². The van der Waals surface area contributed by atoms with E-state index in [-0.39, 0.29) is 11.4 Å². The van der Waals surface area contributed by atoms with Gasteiger partial charge >= 0.3 is 11.8 Å². The highest BCUT2D eigenvalue weighted by Gasteiger charge is 2.23. The Kier molecular flexibility index (Phi) is 4.24. The van der Waals surface area contributed by atoms with Crippen molar-refractivity contribution in [2.45, 2.75) is 0 Å². The van der Waals surface area contributed by atoms with Gasteiger partial charge in [0.25, 0.3) is 0 Å². The highest BCUT2D eigenvalue weighted by atomic mass is 35.5. The Morgan fingerprint density at radius 3 is 2.68 bits per heavy atom. The minimum atomic E-state index is -0.778. The largest absolute Gasteiger partial charge is 0.506 e. The van der Waals surface area contributed by atoms with Crippen molar-refractivity contribution in [3.05, 3.63) is 23.2 Å². The summed E-state index contributed by atoms with van der Waals surface area (Å²) in [5.74, 6) is -1.52. The molecular weight excluding hydrogens is 270 g/mol. The molecule has 1 aliphatic heterocycles. The second kappa shape index (κ2) is 5.90. The van der Waals surface area contributed by atoms with Gasteiger partial charge < -0.3 is 20.6 Å². The Bertz CT molecular complexity index is 501. The summed E-state index contributed by atoms with van der Waals surface area (Å²) in [6.45, 7) is 2.32. The quantitative estimate of drug-likeness (QED) is 0.515. The number of phenolic OH excluding ortho intramolecular Hbond substituents is 1. The van der Waals surface area contributed by atoms with Gasteiger partial charge in [0.2, 0.25) is 0 Å². The highest BCUT2D eigenvalue weighted by Crippen LogP contribution is 2.26. The average molecular weight is 284 g/mol. The number of carbonyl (C=O) groups excluding carboxylic acids is 2. The van der Waals surface area contributed by atoms with E-state index in [1.807, 2.05) is 0 Å². The molecule has 1 aromatic carbocycles. The van der Waals surface area contributed by atoms with Crippen molar-refractivity contribution in [1.29, 1.82) is 0 Å². The molecule has 0 atom stereocenters. The van der Waals surface area contributed by atoms with Gasteiger partial charge in [-0.25, -0.2) is 0 Å². The third kappa shape index (κ3) is 3.36. The zero-order valence-electron chi connectivity index (χ0n) is 10.1. The van der Waals surface area contributed by atoms with Crippen LogP contribution in [0.4, 0.5) is 5.69 Å². The number of hydrogen-bond acceptors (Lipinski definition) is 4. The van der Waals surface area contributed by atoms with E-state index in [9.17, 15) is 14.7 Å². The van der Waals surface area contributed by atoms with Crippen molar-refractivity contribution < 1.29 is 14.7 Å². The number of rotatable bonds is 1. The van der Waals surface area contributed by atoms with Crippen molar-refractivity contribution in [3.8, 4) is 5.75 Å². The van der Waals surface area contributed by atoms with Gasteiger partial charge in [0, 0.05) is 31.2 Å². The summed E-state index contributed by atoms with van der Waals surface area (Å²) in [6.07, 6.45) is 0. The molecule has 2 amide bonds. The molecule has 19 heavy (non-hydrogen) atoms. The lowest BCUT2D eigenvalue weighted by Crippen LogP contribution is -2.49. The highest BCUT2D eigenvalue weighted by molar-refractivity contribution is 6.40. The second-order valence-electron chi connectivity index (χ2n) is 4.16. The molecule has 102 valence electrons. The van der Waals surface area contributed by atoms with Crippen molar-refractivity contribution in [3.63, 3.8) is 0 Å². The van der Waals surface area contributed by atoms with Crippen LogP contribution in [-0.2, 0) is 9.59 Å². The fraction of sp³-hybridized carbons (Fsp3) is 0.333. The molecule has 0 saturated carbocycles. The van der Waals surface area contributed by atoms with Gasteiger partial charge in [0.05, 0.1) is 5.69 Å². The first-order chi connectivity index (χ1) is 9.08. The fourth-order valence-corrected chi connectivity index (χ4v) is 1.97. The minimum absolute atomic E-state index is 0.126. The zero-order chi connectivity index (χ0) is 13.8. The molecule has 1 saturated heterocycles. The van der Waals surface area contributed by atoms with Crippen LogP contribution in [0.5, 0.6) is 5.75 Å². The Labute approximate surface area is 115 Å². The Morgan fingerprint density at radius 2 is 2.00 bits per heavy atom. The van der Waals surface area contributed by atoms with E-state index in [0.29, 0.717) is 31.2 Å². The Morgan fingerprint density at radius 1 is 1.32 bits per heavy atom. The summed E-state index contributed by atoms with van der Waals surface area (Å²) in [7, 11) is 0. The summed E-state index contributed by atoms with van der Waals surface area (Å²) in [4.78, 5) is 25.1. The molecule has 0 radical (unpaired) electrons. The summed E-state index contributed by atoms with van der Waals surface area (Å²) >= 11 is 5.76. The maximum atomic E-state index is 11.9. The fourth-order valence-electron chi connectivity index (χ4n) is 1.80. The number of anilines is 1. The summed E-state index contributed by atoms with van der Waals surface area (Å²) in [5.41, 5.74) is 0.126. The second-order valence-corrected chi connectivity index (χ2v) is 4.59. The minimum Gasteiger partial charge on any atom is -0.506 e. The lowest BCUT2D eigenvalue weighted by atomic mass is 10.3. The molecule has 1 fully saturated rings. The lowest BCUT2D eigenvalue weighted by Gasteiger charge is -2.26. The average Bonchev–Trinajstić information content (AvgIpc) is 2.43. The van der Waals surface area contributed by atoms with Crippen molar-refractivity contribution in [2.75, 3.05) is 31.5 Å². The number of piperazine rings is 1. The summed E-state index contributed by atoms with van der Waals surface area (Å²) in [6, 6.07) is 4.23. The number of nitrogens with zero attached hydrogens (tertiary/aromatic N) is 1. The first kappa shape index (κ1) is 13.6. The van der Waals surface area contributed by atoms with E-state index >= 15 is 0 Å². The van der Waals surface area contributed by atoms with Crippen LogP contribution in [0.3, 0.4) is 0 Å². The standard InChI is InChI=1S/C12H14ClN3O3/c13-8-1-2-10(17)9(7-8)15-11(18)12(19)16-5-3-14-4-6-16/h1-2,7,14,17H,3-6H2,(H,15,18). The number of amides is 2. The third-order valence-electron chi connectivity index (χ3n) is 2.81. The van der Waals surface area contributed by atoms with Crippen LogP contribution >= 0.6 is 11.6 Å². The number of phenols is 1. The van der Waals surface area contributed by atoms with Gasteiger partial charge in [0.1, 0.15) is 5.75 Å². The molecule has 7 heteroatoms. The van der Waals surface area contributed by atoms with Crippen LogP contribution < -0.4 is 10.6 Å². The molecule has 0 spiro atoms. The van der Waals surface area contributed by atoms with Crippen LogP contribution in [0.1, 0.15) is 0 Å². The smallest absolute Gasteiger partial charge is 0.314 e. The van der Waals surface area contributed by atoms with E-state index in [4.69, 9.17) is 11.6 Å². The van der Waals surface area contributed by atoms with Gasteiger partial charge in [-0.15, -0.1) is 0 Å². The van der Waals surface area contributed by atoms with Crippen LogP contribution in [0.15, 0.2) is 18.2 Å². The Hall–Kier alpha value is -1.79. The van der Waals surface area contributed by atoms with Crippen LogP contribution in [0, 0.1) is 0 Å². The molecule has 6 nitrogen and oxygen atoms in total. The predicted octanol–water partition coefficient (Wildman–Crippen LogP) is 0.416. The summed E-state index contributed by atoms with van der Waals surface area (Å²) in [5, 5.41) is 15.4. The molecule has 0 aromatic heterocycles. The summed E-state index contributed by atoms with van der Waals surface area (Å²) < 4.78 is 0. The van der Waals surface area contributed by atoms with E-state index in [1.165, 1.54) is 23.1 Å². The monoisotopic (exact) mass is 283 g/mol. The van der Waals surface area contributed by atoms with Gasteiger partial charge in [-0.2, -0.15) is 0 Å². The molecule has 3 N–H and O–H groups in total. The number of carbonyl (C=O) groups is 2. The molecule has 1 aromatic rings. The number of aromatic hydroxyl groups is 1. The maximum absolute atomic E-state index is 11.9. The molecule has 1 aliphatic rings. The van der Waals surface area contributed by atoms with Crippen molar-refractivity contribution in [2.24, 2.45) is 0 Å². The first-order valence-corrected chi connectivity index (χ1v) is 6.25.